The molecular weight excluding hydrogens is 372 g/mol. The van der Waals surface area contributed by atoms with Gasteiger partial charge in [0.1, 0.15) is 5.75 Å². The predicted octanol–water partition coefficient (Wildman–Crippen LogP) is 1.13. The van der Waals surface area contributed by atoms with Gasteiger partial charge in [-0.2, -0.15) is 5.10 Å². The summed E-state index contributed by atoms with van der Waals surface area (Å²) in [5.41, 5.74) is 1.68. The first-order valence-corrected chi connectivity index (χ1v) is 9.44. The quantitative estimate of drug-likeness (QED) is 0.643. The number of aromatic nitrogens is 2. The van der Waals surface area contributed by atoms with E-state index in [0.717, 1.165) is 11.4 Å². The number of nitrogens with zero attached hydrogens (tertiary/aromatic N) is 4. The van der Waals surface area contributed by atoms with Crippen molar-refractivity contribution in [1.29, 1.82) is 0 Å². The van der Waals surface area contributed by atoms with E-state index in [-0.39, 0.29) is 24.2 Å². The lowest BCUT2D eigenvalue weighted by Gasteiger charge is -2.17. The summed E-state index contributed by atoms with van der Waals surface area (Å²) < 4.78 is 5.21. The molecule has 29 heavy (non-hydrogen) atoms. The summed E-state index contributed by atoms with van der Waals surface area (Å²) in [6, 6.07) is 9.17. The Morgan fingerprint density at radius 3 is 2.90 bits per heavy atom. The van der Waals surface area contributed by atoms with Gasteiger partial charge in [0.25, 0.3) is 0 Å². The Hall–Kier alpha value is -3.36. The third-order valence-corrected chi connectivity index (χ3v) is 4.75. The lowest BCUT2D eigenvalue weighted by Crippen LogP contribution is -2.35. The number of methoxy groups -OCH3 is 1. The van der Waals surface area contributed by atoms with Gasteiger partial charge in [-0.3, -0.25) is 9.59 Å². The molecule has 2 aromatic rings. The topological polar surface area (TPSA) is 99.7 Å². The highest BCUT2D eigenvalue weighted by Gasteiger charge is 2.35. The summed E-state index contributed by atoms with van der Waals surface area (Å²) in [5, 5.41) is 14.0. The van der Waals surface area contributed by atoms with Crippen molar-refractivity contribution in [1.82, 2.24) is 15.5 Å². The maximum atomic E-state index is 12.5. The van der Waals surface area contributed by atoms with E-state index in [1.807, 2.05) is 43.3 Å². The van der Waals surface area contributed by atoms with Crippen LogP contribution in [0.15, 0.2) is 36.5 Å². The van der Waals surface area contributed by atoms with Crippen LogP contribution < -0.4 is 25.2 Å². The molecule has 154 valence electrons. The number of nitrogens with one attached hydrogen (secondary N) is 2. The Labute approximate surface area is 170 Å². The van der Waals surface area contributed by atoms with E-state index in [9.17, 15) is 9.59 Å². The van der Waals surface area contributed by atoms with E-state index in [1.165, 1.54) is 0 Å². The Morgan fingerprint density at radius 1 is 1.31 bits per heavy atom. The lowest BCUT2D eigenvalue weighted by atomic mass is 10.1. The van der Waals surface area contributed by atoms with Crippen LogP contribution in [-0.4, -0.2) is 62.9 Å². The summed E-state index contributed by atoms with van der Waals surface area (Å²) in [5.74, 6) is 0.762. The van der Waals surface area contributed by atoms with Crippen molar-refractivity contribution in [3.05, 3.63) is 36.5 Å². The summed E-state index contributed by atoms with van der Waals surface area (Å²) >= 11 is 0. The van der Waals surface area contributed by atoms with E-state index in [2.05, 4.69) is 20.8 Å². The number of ether oxygens (including phenoxy) is 1. The zero-order valence-electron chi connectivity index (χ0n) is 16.9. The number of carbonyl (C=O) groups is 2. The Balaban J connectivity index is 1.47. The highest BCUT2D eigenvalue weighted by atomic mass is 16.5. The number of hydrogen-bond donors (Lipinski definition) is 2. The maximum Gasteiger partial charge on any atom is 0.227 e. The van der Waals surface area contributed by atoms with E-state index < -0.39 is 0 Å². The van der Waals surface area contributed by atoms with Gasteiger partial charge >= 0.3 is 0 Å². The van der Waals surface area contributed by atoms with E-state index in [1.54, 1.807) is 24.3 Å². The SMILES string of the molecule is COc1cccc(N2CC(C(=O)NCCNc3cc(N(C)C)cnn3)CC2=O)c1. The van der Waals surface area contributed by atoms with Crippen molar-refractivity contribution in [3.63, 3.8) is 0 Å². The van der Waals surface area contributed by atoms with Crippen molar-refractivity contribution in [3.8, 4) is 5.75 Å². The minimum atomic E-state index is -0.370. The fourth-order valence-corrected chi connectivity index (χ4v) is 3.12. The van der Waals surface area contributed by atoms with Crippen LogP contribution in [0.5, 0.6) is 5.75 Å². The normalized spacial score (nSPS) is 15.9. The maximum absolute atomic E-state index is 12.5. The van der Waals surface area contributed by atoms with Gasteiger partial charge in [0, 0.05) is 58.0 Å². The van der Waals surface area contributed by atoms with Crippen LogP contribution in [0.1, 0.15) is 6.42 Å². The van der Waals surface area contributed by atoms with E-state index in [0.29, 0.717) is 31.2 Å². The van der Waals surface area contributed by atoms with Crippen molar-refractivity contribution in [2.24, 2.45) is 5.92 Å². The molecule has 1 fully saturated rings. The van der Waals surface area contributed by atoms with Gasteiger partial charge in [-0.15, -0.1) is 5.10 Å². The van der Waals surface area contributed by atoms with Gasteiger partial charge in [-0.1, -0.05) is 6.07 Å². The summed E-state index contributed by atoms with van der Waals surface area (Å²) in [6.07, 6.45) is 1.88. The van der Waals surface area contributed by atoms with Crippen LogP contribution in [0.3, 0.4) is 0 Å². The number of amides is 2. The van der Waals surface area contributed by atoms with Gasteiger partial charge < -0.3 is 25.2 Å². The molecule has 0 aliphatic carbocycles. The molecule has 1 aromatic heterocycles. The highest BCUT2D eigenvalue weighted by molar-refractivity contribution is 6.00. The summed E-state index contributed by atoms with van der Waals surface area (Å²) in [7, 11) is 5.44. The zero-order chi connectivity index (χ0) is 20.8. The number of hydrogen-bond acceptors (Lipinski definition) is 7. The van der Waals surface area contributed by atoms with Gasteiger partial charge in [0.15, 0.2) is 5.82 Å². The highest BCUT2D eigenvalue weighted by Crippen LogP contribution is 2.27. The molecule has 0 spiro atoms. The summed E-state index contributed by atoms with van der Waals surface area (Å²) in [4.78, 5) is 28.4. The first-order valence-electron chi connectivity index (χ1n) is 9.44. The molecule has 1 atom stereocenters. The smallest absolute Gasteiger partial charge is 0.227 e. The molecule has 2 N–H and O–H groups in total. The molecule has 2 amide bonds. The van der Waals surface area contributed by atoms with Gasteiger partial charge in [-0.25, -0.2) is 0 Å². The average molecular weight is 398 g/mol. The van der Waals surface area contributed by atoms with Crippen molar-refractivity contribution < 1.29 is 14.3 Å². The second-order valence-corrected chi connectivity index (χ2v) is 7.02. The molecule has 1 saturated heterocycles. The zero-order valence-corrected chi connectivity index (χ0v) is 16.9. The van der Waals surface area contributed by atoms with Crippen molar-refractivity contribution >= 4 is 29.0 Å². The van der Waals surface area contributed by atoms with Crippen LogP contribution in [0, 0.1) is 5.92 Å². The minimum Gasteiger partial charge on any atom is -0.497 e. The van der Waals surface area contributed by atoms with Crippen molar-refractivity contribution in [2.75, 3.05) is 56.0 Å². The van der Waals surface area contributed by atoms with Crippen LogP contribution >= 0.6 is 0 Å². The molecule has 1 aromatic carbocycles. The number of carbonyl (C=O) groups excluding carboxylic acids is 2. The van der Waals surface area contributed by atoms with Crippen molar-refractivity contribution in [2.45, 2.75) is 6.42 Å². The van der Waals surface area contributed by atoms with Crippen LogP contribution in [0.4, 0.5) is 17.2 Å². The van der Waals surface area contributed by atoms with Crippen LogP contribution in [-0.2, 0) is 9.59 Å². The Bertz CT molecular complexity index is 873. The minimum absolute atomic E-state index is 0.0627. The fourth-order valence-electron chi connectivity index (χ4n) is 3.12. The molecule has 0 bridgehead atoms. The molecule has 1 aliphatic rings. The Morgan fingerprint density at radius 2 is 2.14 bits per heavy atom. The fraction of sp³-hybridized carbons (Fsp3) is 0.400. The molecule has 9 nitrogen and oxygen atoms in total. The number of rotatable bonds is 8. The summed E-state index contributed by atoms with van der Waals surface area (Å²) in [6.45, 7) is 1.30. The van der Waals surface area contributed by atoms with Crippen LogP contribution in [0.25, 0.3) is 0 Å². The third-order valence-electron chi connectivity index (χ3n) is 4.75. The number of benzene rings is 1. The second-order valence-electron chi connectivity index (χ2n) is 7.02. The van der Waals surface area contributed by atoms with Gasteiger partial charge in [0.2, 0.25) is 11.8 Å². The van der Waals surface area contributed by atoms with Gasteiger partial charge in [0.05, 0.1) is 24.9 Å². The van der Waals surface area contributed by atoms with Crippen LogP contribution in [0.2, 0.25) is 0 Å². The lowest BCUT2D eigenvalue weighted by molar-refractivity contribution is -0.126. The molecule has 0 saturated carbocycles. The van der Waals surface area contributed by atoms with E-state index in [4.69, 9.17) is 4.74 Å². The first kappa shape index (κ1) is 20.4. The molecule has 3 rings (SSSR count). The second kappa shape index (κ2) is 9.22. The van der Waals surface area contributed by atoms with Gasteiger partial charge in [-0.05, 0) is 12.1 Å². The Kier molecular flexibility index (Phi) is 6.48. The molecule has 9 heteroatoms. The predicted molar refractivity (Wildman–Crippen MR) is 111 cm³/mol. The van der Waals surface area contributed by atoms with E-state index >= 15 is 0 Å². The first-order chi connectivity index (χ1) is 14.0. The molecule has 2 heterocycles. The standard InChI is InChI=1S/C20H26N6O3/c1-25(2)16-11-18(24-23-12-16)21-7-8-22-20(28)14-9-19(27)26(13-14)15-5-4-6-17(10-15)29-3/h4-6,10-12,14H,7-9,13H2,1-3H3,(H,21,24)(H,22,28). The molecule has 1 aliphatic heterocycles. The largest absolute Gasteiger partial charge is 0.497 e. The number of anilines is 3. The molecule has 1 unspecified atom stereocenters. The molecule has 0 radical (unpaired) electrons. The average Bonchev–Trinajstić information content (AvgIpc) is 3.13. The third kappa shape index (κ3) is 5.13. The monoisotopic (exact) mass is 398 g/mol. The molecular formula is C20H26N6O3.